The molecule has 4 nitrogen and oxygen atoms in total. The van der Waals surface area contributed by atoms with Crippen molar-refractivity contribution in [1.82, 2.24) is 9.55 Å². The number of hydrogen-bond acceptors (Lipinski definition) is 3. The van der Waals surface area contributed by atoms with E-state index in [0.717, 1.165) is 25.2 Å². The van der Waals surface area contributed by atoms with E-state index in [4.69, 9.17) is 4.74 Å². The molecular weight excluding hydrogens is 240 g/mol. The van der Waals surface area contributed by atoms with E-state index in [-0.39, 0.29) is 11.9 Å². The predicted molar refractivity (Wildman–Crippen MR) is 74.0 cm³/mol. The van der Waals surface area contributed by atoms with Crippen molar-refractivity contribution in [3.63, 3.8) is 0 Å². The zero-order chi connectivity index (χ0) is 13.7. The lowest BCUT2D eigenvalue weighted by molar-refractivity contribution is -0.132. The molecule has 1 aliphatic carbocycles. The maximum atomic E-state index is 12.4. The van der Waals surface area contributed by atoms with Crippen molar-refractivity contribution in [2.75, 3.05) is 7.11 Å². The molecule has 106 valence electrons. The monoisotopic (exact) mass is 264 g/mol. The van der Waals surface area contributed by atoms with Crippen LogP contribution in [0.3, 0.4) is 0 Å². The molecule has 0 saturated heterocycles. The molecule has 0 radical (unpaired) electrons. The first-order chi connectivity index (χ1) is 9.26. The van der Waals surface area contributed by atoms with Crippen LogP contribution in [0.2, 0.25) is 0 Å². The van der Waals surface area contributed by atoms with Gasteiger partial charge in [-0.25, -0.2) is 4.98 Å². The van der Waals surface area contributed by atoms with Gasteiger partial charge in [-0.15, -0.1) is 0 Å². The summed E-state index contributed by atoms with van der Waals surface area (Å²) in [5, 5.41) is 0. The Bertz CT molecular complexity index is 408. The molecule has 1 unspecified atom stereocenters. The lowest BCUT2D eigenvalue weighted by Crippen LogP contribution is -2.34. The molecule has 4 heteroatoms. The number of methoxy groups -OCH3 is 1. The Morgan fingerprint density at radius 3 is 2.84 bits per heavy atom. The summed E-state index contributed by atoms with van der Waals surface area (Å²) in [6.07, 6.45) is 9.79. The number of rotatable bonds is 6. The van der Waals surface area contributed by atoms with E-state index in [0.29, 0.717) is 12.3 Å². The summed E-state index contributed by atoms with van der Waals surface area (Å²) in [5.41, 5.74) is 0. The highest BCUT2D eigenvalue weighted by Crippen LogP contribution is 2.28. The van der Waals surface area contributed by atoms with Gasteiger partial charge in [-0.2, -0.15) is 0 Å². The van der Waals surface area contributed by atoms with Crippen LogP contribution in [0.1, 0.15) is 44.9 Å². The van der Waals surface area contributed by atoms with Gasteiger partial charge in [0.15, 0.2) is 5.78 Å². The molecule has 1 heterocycles. The van der Waals surface area contributed by atoms with Crippen LogP contribution in [0, 0.1) is 5.92 Å². The predicted octanol–water partition coefficient (Wildman–Crippen LogP) is 2.61. The molecule has 0 amide bonds. The van der Waals surface area contributed by atoms with E-state index in [2.05, 4.69) is 11.9 Å². The average Bonchev–Trinajstić information content (AvgIpc) is 2.88. The summed E-state index contributed by atoms with van der Waals surface area (Å²) in [4.78, 5) is 16.7. The van der Waals surface area contributed by atoms with Crippen molar-refractivity contribution in [3.8, 4) is 0 Å². The average molecular weight is 264 g/mol. The third-order valence-electron chi connectivity index (χ3n) is 4.12. The fourth-order valence-electron chi connectivity index (χ4n) is 3.08. The van der Waals surface area contributed by atoms with Crippen LogP contribution in [0.15, 0.2) is 12.4 Å². The first-order valence-electron chi connectivity index (χ1n) is 7.31. The highest BCUT2D eigenvalue weighted by molar-refractivity contribution is 5.85. The van der Waals surface area contributed by atoms with Gasteiger partial charge in [0.25, 0.3) is 0 Å². The zero-order valence-electron chi connectivity index (χ0n) is 12.0. The first-order valence-corrected chi connectivity index (χ1v) is 7.31. The van der Waals surface area contributed by atoms with E-state index in [1.807, 2.05) is 10.8 Å². The highest BCUT2D eigenvalue weighted by Gasteiger charge is 2.29. The first kappa shape index (κ1) is 14.3. The van der Waals surface area contributed by atoms with Gasteiger partial charge in [-0.05, 0) is 25.7 Å². The van der Waals surface area contributed by atoms with Crippen molar-refractivity contribution in [3.05, 3.63) is 18.2 Å². The second-order valence-electron chi connectivity index (χ2n) is 5.33. The molecule has 1 aliphatic rings. The summed E-state index contributed by atoms with van der Waals surface area (Å²) >= 11 is 0. The molecule has 1 atom stereocenters. The van der Waals surface area contributed by atoms with Crippen LogP contribution in [-0.2, 0) is 22.5 Å². The molecule has 1 aromatic rings. The quantitative estimate of drug-likeness (QED) is 0.793. The summed E-state index contributed by atoms with van der Waals surface area (Å²) in [6.45, 7) is 2.91. The number of Topliss-reactive ketones (excluding diaryl/α,β-unsaturated/α-hetero) is 1. The van der Waals surface area contributed by atoms with Crippen molar-refractivity contribution >= 4 is 5.78 Å². The van der Waals surface area contributed by atoms with Gasteiger partial charge in [0.2, 0.25) is 0 Å². The smallest absolute Gasteiger partial charge is 0.169 e. The number of aryl methyl sites for hydroxylation is 1. The van der Waals surface area contributed by atoms with E-state index in [1.54, 1.807) is 13.3 Å². The third-order valence-corrected chi connectivity index (χ3v) is 4.12. The summed E-state index contributed by atoms with van der Waals surface area (Å²) < 4.78 is 7.51. The normalized spacial score (nSPS) is 18.4. The van der Waals surface area contributed by atoms with Gasteiger partial charge in [0.1, 0.15) is 11.9 Å². The fraction of sp³-hybridized carbons (Fsp3) is 0.733. The van der Waals surface area contributed by atoms with Crippen LogP contribution in [0.25, 0.3) is 0 Å². The number of imidazole rings is 1. The molecule has 1 aromatic heterocycles. The lowest BCUT2D eigenvalue weighted by atomic mass is 9.83. The maximum Gasteiger partial charge on any atom is 0.169 e. The Morgan fingerprint density at radius 2 is 2.21 bits per heavy atom. The molecule has 1 fully saturated rings. The van der Waals surface area contributed by atoms with E-state index >= 15 is 0 Å². The second kappa shape index (κ2) is 6.85. The molecule has 0 N–H and O–H groups in total. The maximum absolute atomic E-state index is 12.4. The number of ketones is 1. The van der Waals surface area contributed by atoms with Crippen LogP contribution >= 0.6 is 0 Å². The number of carbonyl (C=O) groups is 1. The Balaban J connectivity index is 2.00. The molecule has 0 bridgehead atoms. The molecule has 1 saturated carbocycles. The van der Waals surface area contributed by atoms with Gasteiger partial charge in [-0.1, -0.05) is 19.3 Å². The topological polar surface area (TPSA) is 44.1 Å². The number of hydrogen-bond donors (Lipinski definition) is 0. The number of nitrogens with zero attached hydrogens (tertiary/aromatic N) is 2. The van der Waals surface area contributed by atoms with E-state index < -0.39 is 0 Å². The molecule has 2 rings (SSSR count). The van der Waals surface area contributed by atoms with Crippen LogP contribution in [0.4, 0.5) is 0 Å². The molecular formula is C15H24N2O2. The van der Waals surface area contributed by atoms with Crippen LogP contribution < -0.4 is 0 Å². The van der Waals surface area contributed by atoms with Crippen molar-refractivity contribution in [2.24, 2.45) is 5.92 Å². The van der Waals surface area contributed by atoms with E-state index in [9.17, 15) is 4.79 Å². The SMILES string of the molecule is CCn1ccnc1CC(=O)C(OC)C1CCCCC1. The Hall–Kier alpha value is -1.16. The van der Waals surface area contributed by atoms with E-state index in [1.165, 1.54) is 19.3 Å². The van der Waals surface area contributed by atoms with Gasteiger partial charge in [-0.3, -0.25) is 4.79 Å². The number of ether oxygens (including phenoxy) is 1. The zero-order valence-corrected chi connectivity index (χ0v) is 12.0. The molecule has 0 spiro atoms. The minimum atomic E-state index is -0.248. The van der Waals surface area contributed by atoms with Gasteiger partial charge in [0.05, 0.1) is 6.42 Å². The highest BCUT2D eigenvalue weighted by atomic mass is 16.5. The van der Waals surface area contributed by atoms with Crippen molar-refractivity contribution in [1.29, 1.82) is 0 Å². The third kappa shape index (κ3) is 3.44. The largest absolute Gasteiger partial charge is 0.373 e. The van der Waals surface area contributed by atoms with Crippen LogP contribution in [0.5, 0.6) is 0 Å². The molecule has 0 aliphatic heterocycles. The van der Waals surface area contributed by atoms with Crippen LogP contribution in [-0.4, -0.2) is 28.5 Å². The minimum Gasteiger partial charge on any atom is -0.373 e. The fourth-order valence-corrected chi connectivity index (χ4v) is 3.08. The summed E-state index contributed by atoms with van der Waals surface area (Å²) in [5.74, 6) is 1.43. The molecule has 19 heavy (non-hydrogen) atoms. The van der Waals surface area contributed by atoms with Crippen molar-refractivity contribution in [2.45, 2.75) is 58.1 Å². The summed E-state index contributed by atoms with van der Waals surface area (Å²) in [7, 11) is 1.66. The second-order valence-corrected chi connectivity index (χ2v) is 5.33. The van der Waals surface area contributed by atoms with Gasteiger partial charge < -0.3 is 9.30 Å². The molecule has 0 aromatic carbocycles. The summed E-state index contributed by atoms with van der Waals surface area (Å²) in [6, 6.07) is 0. The van der Waals surface area contributed by atoms with Gasteiger partial charge >= 0.3 is 0 Å². The van der Waals surface area contributed by atoms with Gasteiger partial charge in [0, 0.05) is 26.0 Å². The number of carbonyl (C=O) groups excluding carboxylic acids is 1. The van der Waals surface area contributed by atoms with Crippen molar-refractivity contribution < 1.29 is 9.53 Å². The Labute approximate surface area is 115 Å². The lowest BCUT2D eigenvalue weighted by Gasteiger charge is -2.28. The minimum absolute atomic E-state index is 0.176. The Kier molecular flexibility index (Phi) is 5.14. The number of aromatic nitrogens is 2. The standard InChI is InChI=1S/C15H24N2O2/c1-3-17-10-9-16-14(17)11-13(18)15(19-2)12-7-5-4-6-8-12/h9-10,12,15H,3-8,11H2,1-2H3. The Morgan fingerprint density at radius 1 is 1.47 bits per heavy atom.